The van der Waals surface area contributed by atoms with Crippen LogP contribution < -0.4 is 0 Å². The highest BCUT2D eigenvalue weighted by molar-refractivity contribution is 6.14. The maximum atomic E-state index is 5.43. The molecule has 0 amide bonds. The first-order valence-corrected chi connectivity index (χ1v) is 21.0. The Morgan fingerprint density at radius 1 is 0.258 bits per heavy atom. The van der Waals surface area contributed by atoms with Gasteiger partial charge < -0.3 is 9.13 Å². The molecule has 0 unspecified atom stereocenters. The molecule has 3 heterocycles. The highest BCUT2D eigenvalue weighted by Gasteiger charge is 2.22. The van der Waals surface area contributed by atoms with Crippen LogP contribution in [0.5, 0.6) is 0 Å². The third-order valence-corrected chi connectivity index (χ3v) is 12.0. The quantitative estimate of drug-likeness (QED) is 0.162. The maximum absolute atomic E-state index is 5.43. The molecule has 0 aliphatic carbocycles. The normalized spacial score (nSPS) is 11.5. The lowest BCUT2D eigenvalue weighted by molar-refractivity contribution is 1.07. The summed E-state index contributed by atoms with van der Waals surface area (Å²) in [5, 5.41) is 4.68. The Morgan fingerprint density at radius 3 is 1.42 bits per heavy atom. The van der Waals surface area contributed by atoms with Crippen LogP contribution in [0.2, 0.25) is 0 Å². The van der Waals surface area contributed by atoms with Crippen molar-refractivity contribution in [2.75, 3.05) is 0 Å². The number of hydrogen-bond donors (Lipinski definition) is 0. The first kappa shape index (κ1) is 35.5. The van der Waals surface area contributed by atoms with E-state index in [1.165, 1.54) is 27.3 Å². The van der Waals surface area contributed by atoms with Gasteiger partial charge in [0.05, 0.1) is 22.1 Å². The predicted molar refractivity (Wildman–Crippen MR) is 256 cm³/mol. The average molecular weight is 792 g/mol. The first-order valence-electron chi connectivity index (χ1n) is 21.0. The summed E-state index contributed by atoms with van der Waals surface area (Å²) < 4.78 is 4.68. The van der Waals surface area contributed by atoms with Crippen LogP contribution in [0.1, 0.15) is 0 Å². The molecule has 0 N–H and O–H groups in total. The van der Waals surface area contributed by atoms with E-state index in [4.69, 9.17) is 15.0 Å². The Labute approximate surface area is 358 Å². The molecule has 290 valence electrons. The van der Waals surface area contributed by atoms with E-state index < -0.39 is 0 Å². The number of aromatic nitrogens is 5. The van der Waals surface area contributed by atoms with E-state index in [-0.39, 0.29) is 0 Å². The highest BCUT2D eigenvalue weighted by Crippen LogP contribution is 2.40. The fourth-order valence-corrected chi connectivity index (χ4v) is 9.16. The van der Waals surface area contributed by atoms with Gasteiger partial charge in [0, 0.05) is 49.6 Å². The standard InChI is InChI=1S/C57H37N5/c1-4-17-38(18-5-1)39-31-33-40(34-32-39)44-23-10-11-26-49(44)56-58-55(41-35-36-47-45-24-12-14-29-51(45)61(53(47)37-41)42-19-6-2-7-20-42)59-57(60-56)50-28-16-27-48-46-25-13-15-30-52(46)62(54(48)50)43-21-8-3-9-22-43/h1-37H. The van der Waals surface area contributed by atoms with Crippen LogP contribution in [0.4, 0.5) is 0 Å². The molecule has 3 aromatic heterocycles. The number of para-hydroxylation sites is 5. The molecule has 0 saturated heterocycles. The van der Waals surface area contributed by atoms with Crippen molar-refractivity contribution in [3.8, 4) is 67.8 Å². The zero-order valence-electron chi connectivity index (χ0n) is 33.6. The van der Waals surface area contributed by atoms with Crippen molar-refractivity contribution in [1.82, 2.24) is 24.1 Å². The van der Waals surface area contributed by atoms with Crippen LogP contribution in [0.3, 0.4) is 0 Å². The van der Waals surface area contributed by atoms with Gasteiger partial charge in [-0.1, -0.05) is 176 Å². The van der Waals surface area contributed by atoms with E-state index in [2.05, 4.69) is 228 Å². The third-order valence-electron chi connectivity index (χ3n) is 12.0. The SMILES string of the molecule is c1ccc(-c2ccc(-c3ccccc3-c3nc(-c4ccc5c6ccccc6n(-c6ccccc6)c5c4)nc(-c4cccc5c6ccccc6n(-c6ccccc6)c45)n3)cc2)cc1. The summed E-state index contributed by atoms with van der Waals surface area (Å²) in [7, 11) is 0. The molecule has 5 nitrogen and oxygen atoms in total. The molecule has 0 bridgehead atoms. The van der Waals surface area contributed by atoms with Crippen molar-refractivity contribution in [3.05, 3.63) is 224 Å². The fourth-order valence-electron chi connectivity index (χ4n) is 9.16. The Bertz CT molecular complexity index is 3610. The Morgan fingerprint density at radius 2 is 0.710 bits per heavy atom. The number of hydrogen-bond acceptors (Lipinski definition) is 3. The lowest BCUT2D eigenvalue weighted by Crippen LogP contribution is -2.03. The van der Waals surface area contributed by atoms with E-state index in [1.54, 1.807) is 0 Å². The molecule has 9 aromatic carbocycles. The second-order valence-electron chi connectivity index (χ2n) is 15.6. The molecule has 62 heavy (non-hydrogen) atoms. The van der Waals surface area contributed by atoms with Gasteiger partial charge in [0.1, 0.15) is 0 Å². The molecular weight excluding hydrogens is 755 g/mol. The highest BCUT2D eigenvalue weighted by atomic mass is 15.1. The van der Waals surface area contributed by atoms with E-state index in [0.717, 1.165) is 66.6 Å². The van der Waals surface area contributed by atoms with E-state index in [9.17, 15) is 0 Å². The Balaban J connectivity index is 1.11. The van der Waals surface area contributed by atoms with Gasteiger partial charge in [-0.2, -0.15) is 0 Å². The lowest BCUT2D eigenvalue weighted by Gasteiger charge is -2.14. The van der Waals surface area contributed by atoms with Crippen molar-refractivity contribution in [2.24, 2.45) is 0 Å². The van der Waals surface area contributed by atoms with Crippen molar-refractivity contribution in [1.29, 1.82) is 0 Å². The molecule has 5 heteroatoms. The molecule has 12 aromatic rings. The molecule has 0 fully saturated rings. The maximum Gasteiger partial charge on any atom is 0.166 e. The zero-order chi connectivity index (χ0) is 41.0. The fraction of sp³-hybridized carbons (Fsp3) is 0. The molecule has 0 aliphatic heterocycles. The summed E-state index contributed by atoms with van der Waals surface area (Å²) in [5.41, 5.74) is 13.8. The van der Waals surface area contributed by atoms with E-state index in [0.29, 0.717) is 17.5 Å². The van der Waals surface area contributed by atoms with Gasteiger partial charge in [0.2, 0.25) is 0 Å². The molecule has 0 atom stereocenters. The van der Waals surface area contributed by atoms with Gasteiger partial charge in [-0.25, -0.2) is 15.0 Å². The minimum atomic E-state index is 0.602. The lowest BCUT2D eigenvalue weighted by atomic mass is 9.96. The Kier molecular flexibility index (Phi) is 8.42. The van der Waals surface area contributed by atoms with Crippen LogP contribution in [0, 0.1) is 0 Å². The number of rotatable bonds is 7. The van der Waals surface area contributed by atoms with Crippen molar-refractivity contribution in [2.45, 2.75) is 0 Å². The molecule has 0 aliphatic rings. The summed E-state index contributed by atoms with van der Waals surface area (Å²) in [6.07, 6.45) is 0. The topological polar surface area (TPSA) is 48.5 Å². The van der Waals surface area contributed by atoms with Crippen LogP contribution in [-0.4, -0.2) is 24.1 Å². The second-order valence-corrected chi connectivity index (χ2v) is 15.6. The predicted octanol–water partition coefficient (Wildman–Crippen LogP) is 14.4. The molecule has 0 saturated carbocycles. The summed E-state index contributed by atoms with van der Waals surface area (Å²) >= 11 is 0. The van der Waals surface area contributed by atoms with Crippen molar-refractivity contribution < 1.29 is 0 Å². The molecule has 12 rings (SSSR count). The monoisotopic (exact) mass is 791 g/mol. The number of benzene rings is 9. The summed E-state index contributed by atoms with van der Waals surface area (Å²) in [6, 6.07) is 79.1. The van der Waals surface area contributed by atoms with Gasteiger partial charge in [0.25, 0.3) is 0 Å². The molecule has 0 spiro atoms. The van der Waals surface area contributed by atoms with Gasteiger partial charge in [-0.05, 0) is 70.8 Å². The number of fused-ring (bicyclic) bond motifs is 6. The molecular formula is C57H37N5. The van der Waals surface area contributed by atoms with Gasteiger partial charge in [-0.3, -0.25) is 0 Å². The van der Waals surface area contributed by atoms with E-state index >= 15 is 0 Å². The van der Waals surface area contributed by atoms with Crippen molar-refractivity contribution >= 4 is 43.6 Å². The number of nitrogens with zero attached hydrogens (tertiary/aromatic N) is 5. The average Bonchev–Trinajstić information content (AvgIpc) is 3.87. The summed E-state index contributed by atoms with van der Waals surface area (Å²) in [5.74, 6) is 1.81. The van der Waals surface area contributed by atoms with Crippen LogP contribution in [0.15, 0.2) is 224 Å². The van der Waals surface area contributed by atoms with Crippen LogP contribution >= 0.6 is 0 Å². The van der Waals surface area contributed by atoms with E-state index in [1.807, 2.05) is 6.07 Å². The van der Waals surface area contributed by atoms with Gasteiger partial charge >= 0.3 is 0 Å². The van der Waals surface area contributed by atoms with Crippen LogP contribution in [0.25, 0.3) is 111 Å². The zero-order valence-corrected chi connectivity index (χ0v) is 33.6. The van der Waals surface area contributed by atoms with Crippen LogP contribution in [-0.2, 0) is 0 Å². The van der Waals surface area contributed by atoms with Gasteiger partial charge in [0.15, 0.2) is 17.5 Å². The van der Waals surface area contributed by atoms with Gasteiger partial charge in [-0.15, -0.1) is 0 Å². The second kappa shape index (κ2) is 14.7. The minimum absolute atomic E-state index is 0.602. The summed E-state index contributed by atoms with van der Waals surface area (Å²) in [4.78, 5) is 16.2. The Hall–Kier alpha value is -8.41. The smallest absolute Gasteiger partial charge is 0.166 e. The first-order chi connectivity index (χ1) is 30.8. The minimum Gasteiger partial charge on any atom is -0.309 e. The van der Waals surface area contributed by atoms with Crippen molar-refractivity contribution in [3.63, 3.8) is 0 Å². The third kappa shape index (κ3) is 5.90. The molecule has 0 radical (unpaired) electrons. The largest absolute Gasteiger partial charge is 0.309 e. The summed E-state index contributed by atoms with van der Waals surface area (Å²) in [6.45, 7) is 0.